The molecular formula is C18H24FNOS2. The Morgan fingerprint density at radius 2 is 2.00 bits per heavy atom. The molecule has 0 radical (unpaired) electrons. The molecule has 2 fully saturated rings. The van der Waals surface area contributed by atoms with Crippen LogP contribution < -0.4 is 0 Å². The first kappa shape index (κ1) is 17.2. The van der Waals surface area contributed by atoms with Crippen molar-refractivity contribution in [1.29, 1.82) is 0 Å². The number of hydrogen-bond donors (Lipinski definition) is 0. The van der Waals surface area contributed by atoms with Crippen LogP contribution >= 0.6 is 23.5 Å². The zero-order valence-corrected chi connectivity index (χ0v) is 15.0. The Hall–Kier alpha value is -0.680. The molecule has 23 heavy (non-hydrogen) atoms. The summed E-state index contributed by atoms with van der Waals surface area (Å²) >= 11 is 3.61. The van der Waals surface area contributed by atoms with E-state index in [0.29, 0.717) is 11.0 Å². The van der Waals surface area contributed by atoms with Crippen LogP contribution in [0.5, 0.6) is 0 Å². The van der Waals surface area contributed by atoms with E-state index >= 15 is 0 Å². The third-order valence-electron chi connectivity index (χ3n) is 4.69. The SMILES string of the molecule is O=C(CSC1CCCC1)N1CCS[C@@H](c2ccccc2F)CC1. The number of halogens is 1. The Morgan fingerprint density at radius 3 is 2.78 bits per heavy atom. The van der Waals surface area contributed by atoms with Crippen LogP contribution in [0.25, 0.3) is 0 Å². The first-order valence-electron chi connectivity index (χ1n) is 8.49. The van der Waals surface area contributed by atoms with Crippen LogP contribution in [0.15, 0.2) is 24.3 Å². The van der Waals surface area contributed by atoms with Gasteiger partial charge in [0, 0.05) is 34.9 Å². The van der Waals surface area contributed by atoms with Gasteiger partial charge in [-0.05, 0) is 25.3 Å². The van der Waals surface area contributed by atoms with Crippen LogP contribution in [-0.2, 0) is 4.79 Å². The molecule has 2 aliphatic rings. The summed E-state index contributed by atoms with van der Waals surface area (Å²) in [6.45, 7) is 1.54. The van der Waals surface area contributed by atoms with Crippen molar-refractivity contribution in [2.45, 2.75) is 42.6 Å². The fourth-order valence-electron chi connectivity index (χ4n) is 3.34. The molecule has 1 heterocycles. The highest BCUT2D eigenvalue weighted by Crippen LogP contribution is 2.36. The molecule has 1 amide bonds. The zero-order valence-electron chi connectivity index (χ0n) is 13.4. The number of rotatable bonds is 4. The highest BCUT2D eigenvalue weighted by atomic mass is 32.2. The molecule has 1 atom stereocenters. The summed E-state index contributed by atoms with van der Waals surface area (Å²) in [5.41, 5.74) is 0.784. The van der Waals surface area contributed by atoms with E-state index in [1.165, 1.54) is 31.7 Å². The van der Waals surface area contributed by atoms with E-state index in [4.69, 9.17) is 0 Å². The second kappa shape index (κ2) is 8.43. The Bertz CT molecular complexity index is 534. The third kappa shape index (κ3) is 4.66. The standard InChI is InChI=1S/C18H24FNOS2/c19-16-8-4-3-7-15(16)17-9-10-20(11-12-22-17)18(21)13-23-14-5-1-2-6-14/h3-4,7-8,14,17H,1-2,5-6,9-13H2/t17-/m1/s1. The molecule has 0 unspecified atom stereocenters. The minimum atomic E-state index is -0.124. The first-order valence-corrected chi connectivity index (χ1v) is 10.6. The smallest absolute Gasteiger partial charge is 0.232 e. The van der Waals surface area contributed by atoms with Crippen molar-refractivity contribution in [3.05, 3.63) is 35.6 Å². The molecule has 1 aliphatic carbocycles. The molecule has 0 bridgehead atoms. The molecule has 0 N–H and O–H groups in total. The van der Waals surface area contributed by atoms with E-state index in [0.717, 1.165) is 30.8 Å². The van der Waals surface area contributed by atoms with Crippen molar-refractivity contribution < 1.29 is 9.18 Å². The average molecular weight is 354 g/mol. The normalized spacial score (nSPS) is 23.0. The summed E-state index contributed by atoms with van der Waals surface area (Å²) in [6.07, 6.45) is 6.00. The first-order chi connectivity index (χ1) is 11.2. The van der Waals surface area contributed by atoms with Crippen molar-refractivity contribution in [2.24, 2.45) is 0 Å². The third-order valence-corrected chi connectivity index (χ3v) is 7.36. The Kier molecular flexibility index (Phi) is 6.29. The van der Waals surface area contributed by atoms with Gasteiger partial charge in [-0.25, -0.2) is 4.39 Å². The van der Waals surface area contributed by atoms with Crippen LogP contribution in [-0.4, -0.2) is 40.7 Å². The monoisotopic (exact) mass is 353 g/mol. The fourth-order valence-corrected chi connectivity index (χ4v) is 5.82. The van der Waals surface area contributed by atoms with Crippen LogP contribution in [0.2, 0.25) is 0 Å². The number of benzene rings is 1. The summed E-state index contributed by atoms with van der Waals surface area (Å²) in [5.74, 6) is 1.64. The number of nitrogens with zero attached hydrogens (tertiary/aromatic N) is 1. The van der Waals surface area contributed by atoms with Crippen molar-refractivity contribution in [1.82, 2.24) is 4.90 Å². The number of thioether (sulfide) groups is 2. The molecule has 0 aromatic heterocycles. The topological polar surface area (TPSA) is 20.3 Å². The van der Waals surface area contributed by atoms with Crippen molar-refractivity contribution in [3.63, 3.8) is 0 Å². The van der Waals surface area contributed by atoms with Gasteiger partial charge in [0.25, 0.3) is 0 Å². The number of hydrogen-bond acceptors (Lipinski definition) is 3. The molecule has 1 aromatic rings. The van der Waals surface area contributed by atoms with Crippen LogP contribution in [0.3, 0.4) is 0 Å². The minimum Gasteiger partial charge on any atom is -0.341 e. The molecule has 126 valence electrons. The summed E-state index contributed by atoms with van der Waals surface area (Å²) in [7, 11) is 0. The average Bonchev–Trinajstić information content (AvgIpc) is 2.96. The summed E-state index contributed by atoms with van der Waals surface area (Å²) in [6, 6.07) is 7.03. The Morgan fingerprint density at radius 1 is 1.22 bits per heavy atom. The van der Waals surface area contributed by atoms with Gasteiger partial charge in [-0.3, -0.25) is 4.79 Å². The predicted octanol–water partition coefficient (Wildman–Crippen LogP) is 4.51. The maximum absolute atomic E-state index is 14.0. The number of carbonyl (C=O) groups excluding carboxylic acids is 1. The van der Waals surface area contributed by atoms with Crippen molar-refractivity contribution in [2.75, 3.05) is 24.6 Å². The van der Waals surface area contributed by atoms with Gasteiger partial charge < -0.3 is 4.90 Å². The predicted molar refractivity (Wildman–Crippen MR) is 97.5 cm³/mol. The van der Waals surface area contributed by atoms with Gasteiger partial charge in [0.2, 0.25) is 5.91 Å². The van der Waals surface area contributed by atoms with Gasteiger partial charge in [-0.15, -0.1) is 11.8 Å². The Labute approximate surface area is 146 Å². The molecule has 3 rings (SSSR count). The lowest BCUT2D eigenvalue weighted by atomic mass is 10.1. The van der Waals surface area contributed by atoms with Gasteiger partial charge in [-0.1, -0.05) is 31.0 Å². The van der Waals surface area contributed by atoms with Crippen LogP contribution in [0.1, 0.15) is 42.9 Å². The van der Waals surface area contributed by atoms with E-state index in [9.17, 15) is 9.18 Å². The van der Waals surface area contributed by atoms with Crippen molar-refractivity contribution in [3.8, 4) is 0 Å². The lowest BCUT2D eigenvalue weighted by Crippen LogP contribution is -2.34. The number of carbonyl (C=O) groups is 1. The molecule has 1 saturated carbocycles. The largest absolute Gasteiger partial charge is 0.341 e. The van der Waals surface area contributed by atoms with Gasteiger partial charge >= 0.3 is 0 Å². The molecule has 1 aromatic carbocycles. The maximum Gasteiger partial charge on any atom is 0.232 e. The molecule has 1 aliphatic heterocycles. The quantitative estimate of drug-likeness (QED) is 0.794. The molecular weight excluding hydrogens is 329 g/mol. The molecule has 2 nitrogen and oxygen atoms in total. The van der Waals surface area contributed by atoms with E-state index in [1.54, 1.807) is 17.8 Å². The fraction of sp³-hybridized carbons (Fsp3) is 0.611. The second-order valence-electron chi connectivity index (χ2n) is 6.27. The Balaban J connectivity index is 1.51. The highest BCUT2D eigenvalue weighted by Gasteiger charge is 2.24. The summed E-state index contributed by atoms with van der Waals surface area (Å²) < 4.78 is 14.0. The van der Waals surface area contributed by atoms with Gasteiger partial charge in [0.05, 0.1) is 5.75 Å². The van der Waals surface area contributed by atoms with Crippen LogP contribution in [0, 0.1) is 5.82 Å². The molecule has 0 spiro atoms. The maximum atomic E-state index is 14.0. The summed E-state index contributed by atoms with van der Waals surface area (Å²) in [4.78, 5) is 14.4. The van der Waals surface area contributed by atoms with Crippen molar-refractivity contribution >= 4 is 29.4 Å². The van der Waals surface area contributed by atoms with Gasteiger partial charge in [0.1, 0.15) is 5.82 Å². The highest BCUT2D eigenvalue weighted by molar-refractivity contribution is 8.00. The molecule has 1 saturated heterocycles. The van der Waals surface area contributed by atoms with Crippen LogP contribution in [0.4, 0.5) is 4.39 Å². The summed E-state index contributed by atoms with van der Waals surface area (Å²) in [5, 5.41) is 0.850. The van der Waals surface area contributed by atoms with E-state index in [2.05, 4.69) is 0 Å². The van der Waals surface area contributed by atoms with Gasteiger partial charge in [-0.2, -0.15) is 11.8 Å². The number of amides is 1. The second-order valence-corrected chi connectivity index (χ2v) is 8.87. The zero-order chi connectivity index (χ0) is 16.1. The van der Waals surface area contributed by atoms with E-state index in [-0.39, 0.29) is 17.0 Å². The van der Waals surface area contributed by atoms with E-state index in [1.807, 2.05) is 28.8 Å². The lowest BCUT2D eigenvalue weighted by Gasteiger charge is -2.21. The van der Waals surface area contributed by atoms with Gasteiger partial charge in [0.15, 0.2) is 0 Å². The minimum absolute atomic E-state index is 0.124. The lowest BCUT2D eigenvalue weighted by molar-refractivity contribution is -0.128. The van der Waals surface area contributed by atoms with E-state index < -0.39 is 0 Å². The molecule has 5 heteroatoms.